The number of aromatic nitrogens is 2. The van der Waals surface area contributed by atoms with Crippen LogP contribution in [0.3, 0.4) is 0 Å². The van der Waals surface area contributed by atoms with Crippen molar-refractivity contribution in [1.82, 2.24) is 9.55 Å². The normalized spacial score (nSPS) is 12.9. The minimum atomic E-state index is 0.0396. The molecule has 0 spiro atoms. The maximum atomic E-state index is 11.7. The van der Waals surface area contributed by atoms with Crippen molar-refractivity contribution in [1.29, 1.82) is 0 Å². The molecule has 0 saturated heterocycles. The fraction of sp³-hybridized carbons (Fsp3) is 0.600. The zero-order chi connectivity index (χ0) is 10.7. The van der Waals surface area contributed by atoms with E-state index in [0.29, 0.717) is 18.9 Å². The maximum absolute atomic E-state index is 11.7. The molecule has 0 fully saturated rings. The molecule has 1 aromatic rings. The molecule has 0 aliphatic carbocycles. The van der Waals surface area contributed by atoms with Gasteiger partial charge in [0.05, 0.1) is 0 Å². The Morgan fingerprint density at radius 1 is 1.64 bits per heavy atom. The first-order valence-corrected chi connectivity index (χ1v) is 4.77. The molecule has 0 aromatic carbocycles. The Bertz CT molecular complexity index is 370. The third kappa shape index (κ3) is 2.20. The first-order chi connectivity index (χ1) is 6.56. The molecule has 2 N–H and O–H groups in total. The summed E-state index contributed by atoms with van der Waals surface area (Å²) in [7, 11) is 1.74. The van der Waals surface area contributed by atoms with E-state index in [-0.39, 0.29) is 5.56 Å². The van der Waals surface area contributed by atoms with Crippen molar-refractivity contribution in [2.75, 3.05) is 6.54 Å². The number of hydrogen-bond acceptors (Lipinski definition) is 3. The zero-order valence-electron chi connectivity index (χ0n) is 8.95. The Balaban J connectivity index is 3.00. The predicted molar refractivity (Wildman–Crippen MR) is 56.1 cm³/mol. The highest BCUT2D eigenvalue weighted by molar-refractivity contribution is 5.07. The highest BCUT2D eigenvalue weighted by Gasteiger charge is 2.07. The molecule has 4 heteroatoms. The lowest BCUT2D eigenvalue weighted by Gasteiger charge is -2.09. The molecular weight excluding hydrogens is 178 g/mol. The van der Waals surface area contributed by atoms with Crippen LogP contribution in [-0.2, 0) is 13.5 Å². The van der Waals surface area contributed by atoms with Crippen LogP contribution in [0.4, 0.5) is 0 Å². The van der Waals surface area contributed by atoms with Gasteiger partial charge < -0.3 is 5.73 Å². The summed E-state index contributed by atoms with van der Waals surface area (Å²) in [5.74, 6) is 1.06. The van der Waals surface area contributed by atoms with Crippen LogP contribution in [0.1, 0.15) is 18.3 Å². The van der Waals surface area contributed by atoms with E-state index in [1.54, 1.807) is 17.8 Å². The number of nitrogens with zero attached hydrogens (tertiary/aromatic N) is 2. The molecule has 1 heterocycles. The first kappa shape index (κ1) is 10.9. The quantitative estimate of drug-likeness (QED) is 0.750. The van der Waals surface area contributed by atoms with Gasteiger partial charge in [-0.25, -0.2) is 4.98 Å². The van der Waals surface area contributed by atoms with Crippen molar-refractivity contribution in [3.63, 3.8) is 0 Å². The molecule has 78 valence electrons. The Kier molecular flexibility index (Phi) is 3.41. The number of hydrogen-bond donors (Lipinski definition) is 1. The topological polar surface area (TPSA) is 60.9 Å². The van der Waals surface area contributed by atoms with Gasteiger partial charge in [0.2, 0.25) is 0 Å². The van der Waals surface area contributed by atoms with Crippen LogP contribution in [-0.4, -0.2) is 16.1 Å². The third-order valence-electron chi connectivity index (χ3n) is 2.44. The summed E-state index contributed by atoms with van der Waals surface area (Å²) in [6.45, 7) is 4.44. The van der Waals surface area contributed by atoms with Gasteiger partial charge in [0, 0.05) is 18.8 Å². The van der Waals surface area contributed by atoms with E-state index >= 15 is 0 Å². The molecular formula is C10H17N3O. The molecule has 0 aliphatic heterocycles. The van der Waals surface area contributed by atoms with E-state index in [4.69, 9.17) is 5.73 Å². The smallest absolute Gasteiger partial charge is 0.256 e. The molecule has 1 rings (SSSR count). The van der Waals surface area contributed by atoms with Crippen LogP contribution in [0, 0.1) is 12.8 Å². The second kappa shape index (κ2) is 4.37. The summed E-state index contributed by atoms with van der Waals surface area (Å²) >= 11 is 0. The lowest BCUT2D eigenvalue weighted by Crippen LogP contribution is -2.26. The van der Waals surface area contributed by atoms with Crippen molar-refractivity contribution in [3.05, 3.63) is 27.9 Å². The minimum Gasteiger partial charge on any atom is -0.330 e. The minimum absolute atomic E-state index is 0.0396. The van der Waals surface area contributed by atoms with Crippen LogP contribution in [0.2, 0.25) is 0 Å². The van der Waals surface area contributed by atoms with Gasteiger partial charge in [-0.3, -0.25) is 9.36 Å². The van der Waals surface area contributed by atoms with E-state index in [1.807, 2.05) is 13.8 Å². The molecule has 4 nitrogen and oxygen atoms in total. The summed E-state index contributed by atoms with van der Waals surface area (Å²) in [4.78, 5) is 15.9. The lowest BCUT2D eigenvalue weighted by molar-refractivity contribution is 0.581. The van der Waals surface area contributed by atoms with E-state index in [0.717, 1.165) is 11.4 Å². The van der Waals surface area contributed by atoms with Crippen LogP contribution in [0.15, 0.2) is 11.0 Å². The van der Waals surface area contributed by atoms with E-state index in [9.17, 15) is 4.79 Å². The SMILES string of the molecule is Cc1ncc(CC(C)CN)c(=O)n1C. The average Bonchev–Trinajstić information content (AvgIpc) is 2.19. The lowest BCUT2D eigenvalue weighted by atomic mass is 10.0. The number of nitrogens with two attached hydrogens (primary N) is 1. The Morgan fingerprint density at radius 2 is 2.29 bits per heavy atom. The molecule has 1 unspecified atom stereocenters. The maximum Gasteiger partial charge on any atom is 0.256 e. The molecule has 0 amide bonds. The monoisotopic (exact) mass is 195 g/mol. The largest absolute Gasteiger partial charge is 0.330 e. The van der Waals surface area contributed by atoms with Crippen molar-refractivity contribution < 1.29 is 0 Å². The number of aryl methyl sites for hydroxylation is 1. The Hall–Kier alpha value is -1.16. The van der Waals surface area contributed by atoms with Crippen LogP contribution < -0.4 is 11.3 Å². The fourth-order valence-corrected chi connectivity index (χ4v) is 1.27. The van der Waals surface area contributed by atoms with E-state index < -0.39 is 0 Å². The second-order valence-electron chi connectivity index (χ2n) is 3.74. The van der Waals surface area contributed by atoms with Gasteiger partial charge in [0.15, 0.2) is 0 Å². The van der Waals surface area contributed by atoms with Gasteiger partial charge in [-0.15, -0.1) is 0 Å². The Morgan fingerprint density at radius 3 is 2.86 bits per heavy atom. The molecule has 0 bridgehead atoms. The standard InChI is InChI=1S/C10H17N3O/c1-7(5-11)4-9-6-12-8(2)13(3)10(9)14/h6-7H,4-5,11H2,1-3H3. The molecule has 1 aromatic heterocycles. The van der Waals surface area contributed by atoms with Crippen LogP contribution in [0.25, 0.3) is 0 Å². The zero-order valence-corrected chi connectivity index (χ0v) is 8.95. The predicted octanol–water partition coefficient (Wildman–Crippen LogP) is 0.226. The Labute approximate surface area is 83.8 Å². The van der Waals surface area contributed by atoms with Crippen LogP contribution >= 0.6 is 0 Å². The highest BCUT2D eigenvalue weighted by atomic mass is 16.1. The van der Waals surface area contributed by atoms with Crippen molar-refractivity contribution in [2.45, 2.75) is 20.3 Å². The molecule has 0 radical (unpaired) electrons. The fourth-order valence-electron chi connectivity index (χ4n) is 1.27. The van der Waals surface area contributed by atoms with Gasteiger partial charge in [-0.2, -0.15) is 0 Å². The van der Waals surface area contributed by atoms with Crippen molar-refractivity contribution in [2.24, 2.45) is 18.7 Å². The van der Waals surface area contributed by atoms with Crippen LogP contribution in [0.5, 0.6) is 0 Å². The molecule has 14 heavy (non-hydrogen) atoms. The second-order valence-corrected chi connectivity index (χ2v) is 3.74. The summed E-state index contributed by atoms with van der Waals surface area (Å²) in [6.07, 6.45) is 2.36. The molecule has 0 saturated carbocycles. The van der Waals surface area contributed by atoms with E-state index in [1.165, 1.54) is 0 Å². The van der Waals surface area contributed by atoms with Gasteiger partial charge >= 0.3 is 0 Å². The highest BCUT2D eigenvalue weighted by Crippen LogP contribution is 2.01. The summed E-state index contributed by atoms with van der Waals surface area (Å²) < 4.78 is 1.57. The van der Waals surface area contributed by atoms with Crippen molar-refractivity contribution in [3.8, 4) is 0 Å². The van der Waals surface area contributed by atoms with Gasteiger partial charge in [0.25, 0.3) is 5.56 Å². The molecule has 0 aliphatic rings. The van der Waals surface area contributed by atoms with Gasteiger partial charge in [-0.1, -0.05) is 6.92 Å². The number of rotatable bonds is 3. The molecule has 1 atom stereocenters. The summed E-state index contributed by atoms with van der Waals surface area (Å²) in [5.41, 5.74) is 6.29. The first-order valence-electron chi connectivity index (χ1n) is 4.77. The van der Waals surface area contributed by atoms with Gasteiger partial charge in [-0.05, 0) is 25.8 Å². The summed E-state index contributed by atoms with van der Waals surface area (Å²) in [6, 6.07) is 0. The summed E-state index contributed by atoms with van der Waals surface area (Å²) in [5, 5.41) is 0. The van der Waals surface area contributed by atoms with Gasteiger partial charge in [0.1, 0.15) is 5.82 Å². The van der Waals surface area contributed by atoms with Crippen molar-refractivity contribution >= 4 is 0 Å². The van der Waals surface area contributed by atoms with E-state index in [2.05, 4.69) is 4.98 Å². The third-order valence-corrected chi connectivity index (χ3v) is 2.44. The average molecular weight is 195 g/mol.